The second kappa shape index (κ2) is 4.07. The zero-order chi connectivity index (χ0) is 12.5. The molecule has 3 rings (SSSR count). The van der Waals surface area contributed by atoms with E-state index in [9.17, 15) is 4.79 Å². The van der Waals surface area contributed by atoms with Crippen molar-refractivity contribution in [3.8, 4) is 0 Å². The Morgan fingerprint density at radius 3 is 2.78 bits per heavy atom. The quantitative estimate of drug-likeness (QED) is 0.747. The Bertz CT molecular complexity index is 742. The first-order valence-corrected chi connectivity index (χ1v) is 5.66. The van der Waals surface area contributed by atoms with E-state index in [1.807, 2.05) is 24.3 Å². The van der Waals surface area contributed by atoms with Crippen LogP contribution in [0.25, 0.3) is 10.8 Å². The fraction of sp³-hybridized carbons (Fsp3) is 0.0714. The third-order valence-corrected chi connectivity index (χ3v) is 2.95. The summed E-state index contributed by atoms with van der Waals surface area (Å²) >= 11 is 0. The number of hydrogen-bond acceptors (Lipinski definition) is 3. The van der Waals surface area contributed by atoms with Crippen molar-refractivity contribution in [3.05, 3.63) is 64.8 Å². The highest BCUT2D eigenvalue weighted by Gasteiger charge is 2.08. The summed E-state index contributed by atoms with van der Waals surface area (Å²) in [7, 11) is 0. The van der Waals surface area contributed by atoms with E-state index in [1.165, 1.54) is 4.57 Å². The van der Waals surface area contributed by atoms with Crippen molar-refractivity contribution in [1.82, 2.24) is 4.57 Å². The normalized spacial score (nSPS) is 10.9. The van der Waals surface area contributed by atoms with Crippen molar-refractivity contribution in [3.63, 3.8) is 0 Å². The summed E-state index contributed by atoms with van der Waals surface area (Å²) in [5.41, 5.74) is 5.83. The van der Waals surface area contributed by atoms with Gasteiger partial charge in [0.05, 0.1) is 12.8 Å². The lowest BCUT2D eigenvalue weighted by Gasteiger charge is -2.09. The molecule has 0 atom stereocenters. The fourth-order valence-electron chi connectivity index (χ4n) is 2.04. The molecule has 0 saturated carbocycles. The van der Waals surface area contributed by atoms with Crippen LogP contribution < -0.4 is 11.3 Å². The smallest absolute Gasteiger partial charge is 0.260 e. The van der Waals surface area contributed by atoms with Crippen molar-refractivity contribution in [2.45, 2.75) is 6.54 Å². The van der Waals surface area contributed by atoms with Gasteiger partial charge >= 0.3 is 0 Å². The zero-order valence-corrected chi connectivity index (χ0v) is 9.67. The van der Waals surface area contributed by atoms with Crippen molar-refractivity contribution < 1.29 is 4.42 Å². The molecule has 4 nitrogen and oxygen atoms in total. The number of furan rings is 1. The molecular formula is C14H12N2O2. The van der Waals surface area contributed by atoms with Crippen LogP contribution >= 0.6 is 0 Å². The molecule has 0 bridgehead atoms. The van der Waals surface area contributed by atoms with Gasteiger partial charge in [-0.2, -0.15) is 0 Å². The molecule has 0 aliphatic heterocycles. The van der Waals surface area contributed by atoms with Crippen molar-refractivity contribution in [2.24, 2.45) is 0 Å². The summed E-state index contributed by atoms with van der Waals surface area (Å²) in [6.07, 6.45) is 1.58. The Kier molecular flexibility index (Phi) is 2.41. The predicted octanol–water partition coefficient (Wildman–Crippen LogP) is 2.22. The molecule has 0 fully saturated rings. The maximum absolute atomic E-state index is 12.3. The number of anilines is 1. The van der Waals surface area contributed by atoms with Crippen molar-refractivity contribution in [2.75, 3.05) is 5.73 Å². The molecule has 0 amide bonds. The average Bonchev–Trinajstić information content (AvgIpc) is 2.87. The van der Waals surface area contributed by atoms with Crippen molar-refractivity contribution >= 4 is 16.6 Å². The molecule has 2 N–H and O–H groups in total. The summed E-state index contributed by atoms with van der Waals surface area (Å²) < 4.78 is 6.76. The second-order valence-corrected chi connectivity index (χ2v) is 4.13. The largest absolute Gasteiger partial charge is 0.467 e. The number of aromatic nitrogens is 1. The summed E-state index contributed by atoms with van der Waals surface area (Å²) in [6.45, 7) is 0.350. The Morgan fingerprint density at radius 1 is 1.17 bits per heavy atom. The number of nitrogen functional groups attached to an aromatic ring is 1. The minimum absolute atomic E-state index is 0.0954. The number of pyridine rings is 1. The van der Waals surface area contributed by atoms with E-state index < -0.39 is 0 Å². The topological polar surface area (TPSA) is 61.2 Å². The van der Waals surface area contributed by atoms with Gasteiger partial charge in [-0.3, -0.25) is 9.36 Å². The van der Waals surface area contributed by atoms with Crippen LogP contribution in [0.5, 0.6) is 0 Å². The molecule has 0 aliphatic rings. The first-order chi connectivity index (χ1) is 8.75. The third-order valence-electron chi connectivity index (χ3n) is 2.95. The molecule has 90 valence electrons. The van der Waals surface area contributed by atoms with Gasteiger partial charge in [0.1, 0.15) is 11.6 Å². The summed E-state index contributed by atoms with van der Waals surface area (Å²) in [4.78, 5) is 12.3. The van der Waals surface area contributed by atoms with Crippen LogP contribution in [-0.2, 0) is 6.54 Å². The molecule has 4 heteroatoms. The summed E-state index contributed by atoms with van der Waals surface area (Å²) in [5.74, 6) is 1.15. The van der Waals surface area contributed by atoms with E-state index in [1.54, 1.807) is 24.5 Å². The van der Waals surface area contributed by atoms with Crippen LogP contribution in [0.15, 0.2) is 57.9 Å². The lowest BCUT2D eigenvalue weighted by atomic mass is 10.1. The predicted molar refractivity (Wildman–Crippen MR) is 70.4 cm³/mol. The number of rotatable bonds is 2. The molecule has 2 aromatic heterocycles. The molecule has 0 saturated heterocycles. The Morgan fingerprint density at radius 2 is 2.00 bits per heavy atom. The van der Waals surface area contributed by atoms with Crippen molar-refractivity contribution in [1.29, 1.82) is 0 Å². The SMILES string of the molecule is Nc1cc2ccccc2c(=O)n1Cc1ccco1. The first-order valence-electron chi connectivity index (χ1n) is 5.66. The van der Waals surface area contributed by atoms with Gasteiger partial charge in [-0.1, -0.05) is 18.2 Å². The Labute approximate surface area is 103 Å². The second-order valence-electron chi connectivity index (χ2n) is 4.13. The van der Waals surface area contributed by atoms with Gasteiger partial charge in [0.2, 0.25) is 0 Å². The minimum atomic E-state index is -0.0954. The van der Waals surface area contributed by atoms with Gasteiger partial charge in [0.25, 0.3) is 5.56 Å². The average molecular weight is 240 g/mol. The number of benzene rings is 1. The van der Waals surface area contributed by atoms with E-state index in [4.69, 9.17) is 10.2 Å². The standard InChI is InChI=1S/C14H12N2O2/c15-13-8-10-4-1-2-6-12(10)14(17)16(13)9-11-5-3-7-18-11/h1-8H,9,15H2. The molecule has 2 heterocycles. The number of nitrogens with two attached hydrogens (primary N) is 1. The zero-order valence-electron chi connectivity index (χ0n) is 9.67. The highest BCUT2D eigenvalue weighted by Crippen LogP contribution is 2.14. The van der Waals surface area contributed by atoms with Crippen LogP contribution in [0.3, 0.4) is 0 Å². The summed E-state index contributed by atoms with van der Waals surface area (Å²) in [6, 6.07) is 12.8. The molecule has 18 heavy (non-hydrogen) atoms. The van der Waals surface area contributed by atoms with Gasteiger partial charge in [-0.15, -0.1) is 0 Å². The molecular weight excluding hydrogens is 228 g/mol. The van der Waals surface area contributed by atoms with Crippen LogP contribution in [0.1, 0.15) is 5.76 Å². The number of nitrogens with zero attached hydrogens (tertiary/aromatic N) is 1. The van der Waals surface area contributed by atoms with Gasteiger partial charge in [0.15, 0.2) is 0 Å². The lowest BCUT2D eigenvalue weighted by molar-refractivity contribution is 0.492. The molecule has 0 aliphatic carbocycles. The van der Waals surface area contributed by atoms with E-state index in [0.717, 1.165) is 5.39 Å². The van der Waals surface area contributed by atoms with Crippen LogP contribution in [0.2, 0.25) is 0 Å². The third kappa shape index (κ3) is 1.68. The molecule has 0 radical (unpaired) electrons. The Balaban J connectivity index is 2.20. The number of hydrogen-bond donors (Lipinski definition) is 1. The molecule has 0 spiro atoms. The fourth-order valence-corrected chi connectivity index (χ4v) is 2.04. The van der Waals surface area contributed by atoms with Gasteiger partial charge in [0, 0.05) is 5.39 Å². The minimum Gasteiger partial charge on any atom is -0.467 e. The van der Waals surface area contributed by atoms with E-state index >= 15 is 0 Å². The Hall–Kier alpha value is -2.49. The van der Waals surface area contributed by atoms with Gasteiger partial charge < -0.3 is 10.2 Å². The maximum atomic E-state index is 12.3. The first kappa shape index (κ1) is 10.7. The monoisotopic (exact) mass is 240 g/mol. The van der Waals surface area contributed by atoms with E-state index in [-0.39, 0.29) is 5.56 Å². The van der Waals surface area contributed by atoms with E-state index in [0.29, 0.717) is 23.5 Å². The van der Waals surface area contributed by atoms with Gasteiger partial charge in [-0.05, 0) is 29.7 Å². The molecule has 0 unspecified atom stereocenters. The van der Waals surface area contributed by atoms with Crippen LogP contribution in [0, 0.1) is 0 Å². The number of fused-ring (bicyclic) bond motifs is 1. The highest BCUT2D eigenvalue weighted by atomic mass is 16.3. The van der Waals surface area contributed by atoms with Crippen LogP contribution in [0.4, 0.5) is 5.82 Å². The summed E-state index contributed by atoms with van der Waals surface area (Å²) in [5, 5.41) is 1.52. The molecule has 3 aromatic rings. The van der Waals surface area contributed by atoms with Crippen LogP contribution in [-0.4, -0.2) is 4.57 Å². The highest BCUT2D eigenvalue weighted by molar-refractivity contribution is 5.83. The lowest BCUT2D eigenvalue weighted by Crippen LogP contribution is -2.23. The maximum Gasteiger partial charge on any atom is 0.260 e. The van der Waals surface area contributed by atoms with E-state index in [2.05, 4.69) is 0 Å². The van der Waals surface area contributed by atoms with Gasteiger partial charge in [-0.25, -0.2) is 0 Å². The molecule has 1 aromatic carbocycles.